The summed E-state index contributed by atoms with van der Waals surface area (Å²) in [5, 5.41) is 0.865. The monoisotopic (exact) mass is 338 g/mol. The molecule has 2 aromatic rings. The molecule has 1 atom stereocenters. The maximum absolute atomic E-state index is 11.3. The van der Waals surface area contributed by atoms with Crippen molar-refractivity contribution in [3.8, 4) is 0 Å². The van der Waals surface area contributed by atoms with Crippen molar-refractivity contribution in [1.29, 1.82) is 0 Å². The zero-order valence-corrected chi connectivity index (χ0v) is 14.8. The molecule has 0 aliphatic rings. The van der Waals surface area contributed by atoms with E-state index in [0.29, 0.717) is 0 Å². The van der Waals surface area contributed by atoms with Crippen molar-refractivity contribution in [3.63, 3.8) is 0 Å². The lowest BCUT2D eigenvalue weighted by atomic mass is 10.1. The van der Waals surface area contributed by atoms with Gasteiger partial charge in [-0.3, -0.25) is 0 Å². The molecule has 0 spiro atoms. The number of aryl methyl sites for hydroxylation is 1. The van der Waals surface area contributed by atoms with Gasteiger partial charge >= 0.3 is 0 Å². The zero-order chi connectivity index (χ0) is 16.2. The Morgan fingerprint density at radius 3 is 2.59 bits per heavy atom. The van der Waals surface area contributed by atoms with Gasteiger partial charge in [0.15, 0.2) is 5.16 Å². The van der Waals surface area contributed by atoms with Crippen molar-refractivity contribution in [3.05, 3.63) is 47.3 Å². The van der Waals surface area contributed by atoms with Gasteiger partial charge in [0.05, 0.1) is 11.4 Å². The van der Waals surface area contributed by atoms with Gasteiger partial charge in [0.2, 0.25) is 0 Å². The molecule has 0 fully saturated rings. The largest absolute Gasteiger partial charge is 0.337 e. The number of aromatic nitrogens is 2. The Bertz CT molecular complexity index is 709. The van der Waals surface area contributed by atoms with Gasteiger partial charge in [-0.05, 0) is 18.4 Å². The number of aromatic amines is 1. The van der Waals surface area contributed by atoms with E-state index in [2.05, 4.69) is 22.1 Å². The van der Waals surface area contributed by atoms with Gasteiger partial charge in [0.25, 0.3) is 0 Å². The number of H-pyrrole nitrogens is 1. The van der Waals surface area contributed by atoms with Crippen LogP contribution in [0.2, 0.25) is 0 Å². The molecular weight excluding hydrogens is 316 g/mol. The molecule has 120 valence electrons. The highest BCUT2D eigenvalue weighted by Gasteiger charge is 2.13. The Balaban J connectivity index is 1.95. The average molecular weight is 338 g/mol. The van der Waals surface area contributed by atoms with Crippen LogP contribution >= 0.6 is 11.8 Å². The lowest BCUT2D eigenvalue weighted by molar-refractivity contribution is 0.589. The Hall–Kier alpha value is -1.27. The smallest absolute Gasteiger partial charge is 0.165 e. The summed E-state index contributed by atoms with van der Waals surface area (Å²) in [4.78, 5) is 7.92. The summed E-state index contributed by atoms with van der Waals surface area (Å²) in [5.41, 5.74) is 3.35. The van der Waals surface area contributed by atoms with Crippen LogP contribution in [-0.2, 0) is 16.3 Å². The van der Waals surface area contributed by atoms with Crippen molar-refractivity contribution in [2.24, 2.45) is 5.92 Å². The number of thioether (sulfide) groups is 1. The van der Waals surface area contributed by atoms with Crippen LogP contribution in [0.1, 0.15) is 23.9 Å². The second-order valence-electron chi connectivity index (χ2n) is 5.78. The molecule has 2 rings (SSSR count). The van der Waals surface area contributed by atoms with E-state index in [1.165, 1.54) is 11.8 Å². The third kappa shape index (κ3) is 5.50. The SMILES string of the molecule is Cc1[nH]c(SC[C@H](C)CS(C)(=O)=O)nc1Cc1ccccc1. The molecule has 0 bridgehead atoms. The Morgan fingerprint density at radius 1 is 1.27 bits per heavy atom. The molecule has 0 aliphatic carbocycles. The second-order valence-corrected chi connectivity index (χ2v) is 8.98. The molecule has 1 aromatic carbocycles. The van der Waals surface area contributed by atoms with Gasteiger partial charge in [-0.15, -0.1) is 0 Å². The van der Waals surface area contributed by atoms with Gasteiger partial charge in [-0.2, -0.15) is 0 Å². The molecule has 1 N–H and O–H groups in total. The Morgan fingerprint density at radius 2 is 1.95 bits per heavy atom. The first-order valence-corrected chi connectivity index (χ1v) is 10.3. The van der Waals surface area contributed by atoms with Crippen LogP contribution in [0.5, 0.6) is 0 Å². The molecule has 0 saturated heterocycles. The topological polar surface area (TPSA) is 62.8 Å². The van der Waals surface area contributed by atoms with E-state index >= 15 is 0 Å². The number of hydrogen-bond donors (Lipinski definition) is 1. The molecule has 1 aromatic heterocycles. The predicted octanol–water partition coefficient (Wildman–Crippen LogP) is 3.08. The van der Waals surface area contributed by atoms with Crippen LogP contribution in [0.4, 0.5) is 0 Å². The maximum atomic E-state index is 11.3. The number of nitrogens with one attached hydrogen (secondary N) is 1. The third-order valence-electron chi connectivity index (χ3n) is 3.27. The van der Waals surface area contributed by atoms with Gasteiger partial charge < -0.3 is 4.98 Å². The fraction of sp³-hybridized carbons (Fsp3) is 0.438. The highest BCUT2D eigenvalue weighted by atomic mass is 32.2. The number of rotatable bonds is 7. The van der Waals surface area contributed by atoms with Crippen molar-refractivity contribution in [2.45, 2.75) is 25.4 Å². The standard InChI is InChI=1S/C16H22N2O2S2/c1-12(11-22(3,19)20)10-21-16-17-13(2)15(18-16)9-14-7-5-4-6-8-14/h4-8,12H,9-11H2,1-3H3,(H,17,18)/t12-/m0/s1. The molecule has 0 saturated carbocycles. The average Bonchev–Trinajstić information content (AvgIpc) is 2.76. The number of imidazole rings is 1. The van der Waals surface area contributed by atoms with Crippen LogP contribution in [0.3, 0.4) is 0 Å². The number of sulfone groups is 1. The van der Waals surface area contributed by atoms with Crippen LogP contribution in [0.15, 0.2) is 35.5 Å². The summed E-state index contributed by atoms with van der Waals surface area (Å²) < 4.78 is 22.6. The summed E-state index contributed by atoms with van der Waals surface area (Å²) in [5.74, 6) is 1.07. The number of hydrogen-bond acceptors (Lipinski definition) is 4. The minimum absolute atomic E-state index is 0.114. The minimum Gasteiger partial charge on any atom is -0.337 e. The zero-order valence-electron chi connectivity index (χ0n) is 13.2. The molecule has 0 radical (unpaired) electrons. The van der Waals surface area contributed by atoms with Crippen molar-refractivity contribution < 1.29 is 8.42 Å². The summed E-state index contributed by atoms with van der Waals surface area (Å²) in [6.07, 6.45) is 2.09. The van der Waals surface area contributed by atoms with Gasteiger partial charge in [0.1, 0.15) is 9.84 Å². The molecule has 0 amide bonds. The van der Waals surface area contributed by atoms with E-state index in [-0.39, 0.29) is 11.7 Å². The van der Waals surface area contributed by atoms with E-state index in [0.717, 1.165) is 28.7 Å². The molecule has 0 unspecified atom stereocenters. The molecule has 4 nitrogen and oxygen atoms in total. The Labute approximate surface area is 136 Å². The molecule has 22 heavy (non-hydrogen) atoms. The molecular formula is C16H22N2O2S2. The van der Waals surface area contributed by atoms with E-state index in [1.807, 2.05) is 32.0 Å². The van der Waals surface area contributed by atoms with Gasteiger partial charge in [0, 0.05) is 24.1 Å². The van der Waals surface area contributed by atoms with Crippen molar-refractivity contribution in [1.82, 2.24) is 9.97 Å². The first kappa shape index (κ1) is 17.1. The lowest BCUT2D eigenvalue weighted by Gasteiger charge is -2.07. The first-order valence-electron chi connectivity index (χ1n) is 7.23. The fourth-order valence-electron chi connectivity index (χ4n) is 2.28. The quantitative estimate of drug-likeness (QED) is 0.788. The first-order chi connectivity index (χ1) is 10.3. The van der Waals surface area contributed by atoms with Crippen LogP contribution in [-0.4, -0.2) is 36.1 Å². The predicted molar refractivity (Wildman–Crippen MR) is 92.2 cm³/mol. The second kappa shape index (κ2) is 7.33. The summed E-state index contributed by atoms with van der Waals surface area (Å²) in [6.45, 7) is 3.98. The summed E-state index contributed by atoms with van der Waals surface area (Å²) in [6, 6.07) is 10.2. The highest BCUT2D eigenvalue weighted by Crippen LogP contribution is 2.21. The molecule has 6 heteroatoms. The van der Waals surface area contributed by atoms with E-state index in [1.54, 1.807) is 11.8 Å². The highest BCUT2D eigenvalue weighted by molar-refractivity contribution is 7.99. The van der Waals surface area contributed by atoms with Gasteiger partial charge in [-0.1, -0.05) is 49.0 Å². The van der Waals surface area contributed by atoms with E-state index in [9.17, 15) is 8.42 Å². The van der Waals surface area contributed by atoms with E-state index < -0.39 is 9.84 Å². The van der Waals surface area contributed by atoms with Gasteiger partial charge in [-0.25, -0.2) is 13.4 Å². The lowest BCUT2D eigenvalue weighted by Crippen LogP contribution is -2.13. The number of benzene rings is 1. The normalized spacial score (nSPS) is 13.2. The number of nitrogens with zero attached hydrogens (tertiary/aromatic N) is 1. The fourth-order valence-corrected chi connectivity index (χ4v) is 4.54. The maximum Gasteiger partial charge on any atom is 0.165 e. The summed E-state index contributed by atoms with van der Waals surface area (Å²) >= 11 is 1.58. The Kier molecular flexibility index (Phi) is 5.69. The van der Waals surface area contributed by atoms with Crippen molar-refractivity contribution in [2.75, 3.05) is 17.8 Å². The third-order valence-corrected chi connectivity index (χ3v) is 5.65. The minimum atomic E-state index is -2.92. The molecule has 0 aliphatic heterocycles. The summed E-state index contributed by atoms with van der Waals surface area (Å²) in [7, 11) is -2.92. The van der Waals surface area contributed by atoms with Crippen LogP contribution < -0.4 is 0 Å². The van der Waals surface area contributed by atoms with E-state index in [4.69, 9.17) is 0 Å². The molecule has 1 heterocycles. The van der Waals surface area contributed by atoms with Crippen molar-refractivity contribution >= 4 is 21.6 Å². The van der Waals surface area contributed by atoms with Crippen LogP contribution in [0, 0.1) is 12.8 Å². The van der Waals surface area contributed by atoms with Crippen LogP contribution in [0.25, 0.3) is 0 Å².